The molecule has 0 bridgehead atoms. The summed E-state index contributed by atoms with van der Waals surface area (Å²) in [5.41, 5.74) is 11.0. The normalized spacial score (nSPS) is 11.5. The number of aromatic hydroxyl groups is 1. The first-order valence-corrected chi connectivity index (χ1v) is 14.3. The minimum absolute atomic E-state index is 0. The number of fused-ring (bicyclic) bond motifs is 2. The van der Waals surface area contributed by atoms with Crippen LogP contribution in [0.2, 0.25) is 0 Å². The molecule has 3 aromatic heterocycles. The van der Waals surface area contributed by atoms with Gasteiger partial charge in [-0.1, -0.05) is 73.9 Å². The Bertz CT molecular complexity index is 2150. The van der Waals surface area contributed by atoms with E-state index in [0.717, 1.165) is 44.3 Å². The molecule has 0 unspecified atom stereocenters. The van der Waals surface area contributed by atoms with Crippen molar-refractivity contribution in [2.24, 2.45) is 0 Å². The van der Waals surface area contributed by atoms with Crippen LogP contribution in [0.5, 0.6) is 5.75 Å². The third-order valence-electron chi connectivity index (χ3n) is 7.95. The Morgan fingerprint density at radius 1 is 0.727 bits per heavy atom. The number of oxazole rings is 1. The molecule has 7 rings (SSSR count). The van der Waals surface area contributed by atoms with E-state index < -0.39 is 0 Å². The van der Waals surface area contributed by atoms with Gasteiger partial charge >= 0.3 is 0 Å². The van der Waals surface area contributed by atoms with Crippen LogP contribution in [0.25, 0.3) is 66.8 Å². The van der Waals surface area contributed by atoms with Gasteiger partial charge < -0.3 is 9.52 Å². The molecule has 0 atom stereocenters. The minimum atomic E-state index is -0.0531. The number of aryl methyl sites for hydroxylation is 1. The number of benzene rings is 4. The molecule has 5 nitrogen and oxygen atoms in total. The standard InChI is InChI=1S/C38H30N3O2.Pt/c1-23-12-17-40-35-31(23)21-28(38(2,3)4)22-32(35)27-19-25(24-13-15-39-16-14-24)18-26(20-27)29-9-7-11-34-36(29)41-37(43-34)30-8-5-6-10-33(30)42;/h5-19,21-22,42H,1-4H3;/q-1;. The Morgan fingerprint density at radius 3 is 2.20 bits per heavy atom. The Labute approximate surface area is 270 Å². The summed E-state index contributed by atoms with van der Waals surface area (Å²) in [7, 11) is 0. The van der Waals surface area contributed by atoms with Gasteiger partial charge in [0.15, 0.2) is 0 Å². The van der Waals surface area contributed by atoms with Gasteiger partial charge in [-0.25, -0.2) is 4.98 Å². The molecular formula is C38H30N3O2Pt-. The zero-order chi connectivity index (χ0) is 29.7. The van der Waals surface area contributed by atoms with Crippen LogP contribution >= 0.6 is 0 Å². The largest absolute Gasteiger partial charge is 0.507 e. The summed E-state index contributed by atoms with van der Waals surface area (Å²) < 4.78 is 6.15. The van der Waals surface area contributed by atoms with Gasteiger partial charge in [-0.2, -0.15) is 0 Å². The van der Waals surface area contributed by atoms with E-state index in [9.17, 15) is 5.11 Å². The van der Waals surface area contributed by atoms with E-state index in [0.29, 0.717) is 22.6 Å². The molecule has 0 aliphatic heterocycles. The van der Waals surface area contributed by atoms with Gasteiger partial charge in [0, 0.05) is 45.2 Å². The molecule has 7 aromatic rings. The monoisotopic (exact) mass is 755 g/mol. The van der Waals surface area contributed by atoms with E-state index in [2.05, 4.69) is 69.1 Å². The predicted octanol–water partition coefficient (Wildman–Crippen LogP) is 9.55. The number of phenols is 1. The van der Waals surface area contributed by atoms with E-state index >= 15 is 0 Å². The molecule has 220 valence electrons. The number of hydrogen-bond donors (Lipinski definition) is 1. The van der Waals surface area contributed by atoms with Crippen LogP contribution in [0.15, 0.2) is 108 Å². The number of rotatable bonds is 4. The molecule has 0 aliphatic rings. The Balaban J connectivity index is 0.00000343. The maximum absolute atomic E-state index is 10.5. The Hall–Kier alpha value is -4.60. The van der Waals surface area contributed by atoms with Gasteiger partial charge in [0.25, 0.3) is 0 Å². The second-order valence-electron chi connectivity index (χ2n) is 11.9. The van der Waals surface area contributed by atoms with Crippen LogP contribution in [-0.2, 0) is 26.5 Å². The van der Waals surface area contributed by atoms with Crippen molar-refractivity contribution < 1.29 is 30.6 Å². The van der Waals surface area contributed by atoms with Crippen molar-refractivity contribution in [2.45, 2.75) is 33.1 Å². The molecule has 1 N–H and O–H groups in total. The SMILES string of the molecule is Cc1ccnc2c(-c3[c-]c(-c4cccc5oc(-c6ccccc6O)nc45)cc(-c4ccncc4)c3)cc(C(C)(C)C)cc12.[Pt]. The van der Waals surface area contributed by atoms with Gasteiger partial charge in [0.2, 0.25) is 5.89 Å². The molecule has 0 radical (unpaired) electrons. The smallest absolute Gasteiger partial charge is 0.230 e. The zero-order valence-electron chi connectivity index (χ0n) is 24.8. The fourth-order valence-corrected chi connectivity index (χ4v) is 5.53. The van der Waals surface area contributed by atoms with E-state index in [1.807, 2.05) is 55.0 Å². The predicted molar refractivity (Wildman–Crippen MR) is 173 cm³/mol. The number of para-hydroxylation sites is 2. The second kappa shape index (κ2) is 11.5. The van der Waals surface area contributed by atoms with Gasteiger partial charge in [0.05, 0.1) is 11.1 Å². The molecule has 3 heterocycles. The molecule has 0 saturated carbocycles. The average Bonchev–Trinajstić information content (AvgIpc) is 3.45. The number of hydrogen-bond acceptors (Lipinski definition) is 5. The van der Waals surface area contributed by atoms with Gasteiger partial charge in [-0.3, -0.25) is 9.97 Å². The quantitative estimate of drug-likeness (QED) is 0.181. The van der Waals surface area contributed by atoms with Crippen LogP contribution in [0.3, 0.4) is 0 Å². The van der Waals surface area contributed by atoms with Crippen molar-refractivity contribution >= 4 is 22.0 Å². The molecule has 44 heavy (non-hydrogen) atoms. The topological polar surface area (TPSA) is 72.0 Å². The molecular weight excluding hydrogens is 726 g/mol. The van der Waals surface area contributed by atoms with E-state index in [4.69, 9.17) is 14.4 Å². The van der Waals surface area contributed by atoms with Crippen LogP contribution in [-0.4, -0.2) is 20.1 Å². The maximum atomic E-state index is 10.5. The van der Waals surface area contributed by atoms with Crippen LogP contribution in [0.1, 0.15) is 31.9 Å². The van der Waals surface area contributed by atoms with E-state index in [-0.39, 0.29) is 32.2 Å². The number of pyridine rings is 2. The molecule has 0 fully saturated rings. The zero-order valence-corrected chi connectivity index (χ0v) is 27.1. The van der Waals surface area contributed by atoms with E-state index in [1.165, 1.54) is 11.1 Å². The van der Waals surface area contributed by atoms with Crippen molar-refractivity contribution in [2.75, 3.05) is 0 Å². The van der Waals surface area contributed by atoms with Gasteiger partial charge in [-0.05, 0) is 70.8 Å². The minimum Gasteiger partial charge on any atom is -0.507 e. The summed E-state index contributed by atoms with van der Waals surface area (Å²) in [6.07, 6.45) is 5.49. The fourth-order valence-electron chi connectivity index (χ4n) is 5.53. The van der Waals surface area contributed by atoms with Crippen LogP contribution in [0, 0.1) is 13.0 Å². The summed E-state index contributed by atoms with van der Waals surface area (Å²) in [6, 6.07) is 31.7. The maximum Gasteiger partial charge on any atom is 0.230 e. The Kier molecular flexibility index (Phi) is 7.69. The molecule has 0 spiro atoms. The molecule has 6 heteroatoms. The molecule has 0 saturated heterocycles. The van der Waals surface area contributed by atoms with Crippen molar-refractivity contribution in [1.29, 1.82) is 0 Å². The van der Waals surface area contributed by atoms with Gasteiger partial charge in [-0.15, -0.1) is 29.3 Å². The summed E-state index contributed by atoms with van der Waals surface area (Å²) in [5.74, 6) is 0.493. The first kappa shape index (κ1) is 29.5. The Morgan fingerprint density at radius 2 is 1.45 bits per heavy atom. The second-order valence-corrected chi connectivity index (χ2v) is 11.9. The van der Waals surface area contributed by atoms with Crippen LogP contribution in [0.4, 0.5) is 0 Å². The molecule has 0 amide bonds. The summed E-state index contributed by atoms with van der Waals surface area (Å²) in [4.78, 5) is 14.0. The van der Waals surface area contributed by atoms with Crippen molar-refractivity contribution in [3.63, 3.8) is 0 Å². The van der Waals surface area contributed by atoms with Gasteiger partial charge in [0.1, 0.15) is 11.3 Å². The fraction of sp³-hybridized carbons (Fsp3) is 0.132. The van der Waals surface area contributed by atoms with Crippen molar-refractivity contribution in [3.8, 4) is 50.6 Å². The molecule has 0 aliphatic carbocycles. The average molecular weight is 756 g/mol. The number of nitrogens with zero attached hydrogens (tertiary/aromatic N) is 3. The summed E-state index contributed by atoms with van der Waals surface area (Å²) in [6.45, 7) is 8.84. The van der Waals surface area contributed by atoms with E-state index in [1.54, 1.807) is 18.2 Å². The first-order valence-electron chi connectivity index (χ1n) is 14.3. The van der Waals surface area contributed by atoms with Crippen LogP contribution < -0.4 is 0 Å². The third kappa shape index (κ3) is 5.33. The number of aromatic nitrogens is 3. The first-order chi connectivity index (χ1) is 20.8. The van der Waals surface area contributed by atoms with Crippen molar-refractivity contribution in [3.05, 3.63) is 121 Å². The molecule has 4 aromatic carbocycles. The van der Waals surface area contributed by atoms with Crippen molar-refractivity contribution in [1.82, 2.24) is 15.0 Å². The summed E-state index contributed by atoms with van der Waals surface area (Å²) >= 11 is 0. The summed E-state index contributed by atoms with van der Waals surface area (Å²) in [5, 5.41) is 11.6. The number of phenolic OH excluding ortho intramolecular Hbond substituents is 1. The third-order valence-corrected chi connectivity index (χ3v) is 7.95.